The summed E-state index contributed by atoms with van der Waals surface area (Å²) >= 11 is 0. The summed E-state index contributed by atoms with van der Waals surface area (Å²) in [7, 11) is 0. The van der Waals surface area contributed by atoms with Gasteiger partial charge < -0.3 is 15.2 Å². The van der Waals surface area contributed by atoms with Crippen molar-refractivity contribution < 1.29 is 41.4 Å². The van der Waals surface area contributed by atoms with E-state index in [1.807, 2.05) is 0 Å². The fraction of sp³-hybridized carbons (Fsp3) is 0.167. The maximum atomic E-state index is 13.2. The number of hydrogen-bond acceptors (Lipinski definition) is 2. The molecule has 0 saturated heterocycles. The number of H-pyrrole nitrogens is 1. The maximum absolute atomic E-state index is 13.2. The fourth-order valence-corrected chi connectivity index (χ4v) is 2.97. The van der Waals surface area contributed by atoms with Crippen molar-refractivity contribution in [3.05, 3.63) is 59.8 Å². The van der Waals surface area contributed by atoms with Crippen molar-refractivity contribution in [3.63, 3.8) is 0 Å². The Morgan fingerprint density at radius 2 is 1.46 bits per heavy atom. The molecule has 10 heteroatoms. The van der Waals surface area contributed by atoms with Crippen molar-refractivity contribution >= 4 is 16.9 Å². The zero-order valence-electron chi connectivity index (χ0n) is 13.7. The molecule has 0 radical (unpaired) electrons. The molecule has 0 bridgehead atoms. The molecule has 0 aliphatic carbocycles. The molecular formula is C18H11F6NO3. The molecule has 3 aromatic rings. The lowest BCUT2D eigenvalue weighted by Gasteiger charge is -2.32. The number of halogens is 6. The molecule has 28 heavy (non-hydrogen) atoms. The lowest BCUT2D eigenvalue weighted by atomic mass is 9.90. The number of alkyl halides is 6. The summed E-state index contributed by atoms with van der Waals surface area (Å²) in [6.45, 7) is 0. The first-order valence-corrected chi connectivity index (χ1v) is 7.68. The first kappa shape index (κ1) is 19.7. The highest BCUT2D eigenvalue weighted by Gasteiger charge is 2.71. The highest BCUT2D eigenvalue weighted by atomic mass is 19.4. The number of carboxylic acids is 1. The second-order valence-corrected chi connectivity index (χ2v) is 6.01. The largest absolute Gasteiger partial charge is 0.477 e. The summed E-state index contributed by atoms with van der Waals surface area (Å²) in [5.74, 6) is -1.45. The van der Waals surface area contributed by atoms with Crippen molar-refractivity contribution in [1.29, 1.82) is 0 Å². The van der Waals surface area contributed by atoms with Gasteiger partial charge in [0.05, 0.1) is 0 Å². The summed E-state index contributed by atoms with van der Waals surface area (Å²) in [5, 5.41) is 18.8. The number of carbonyl (C=O) groups is 1. The van der Waals surface area contributed by atoms with E-state index in [0.717, 1.165) is 6.07 Å². The van der Waals surface area contributed by atoms with E-state index in [2.05, 4.69) is 4.98 Å². The molecule has 2 aromatic carbocycles. The Labute approximate surface area is 153 Å². The zero-order valence-corrected chi connectivity index (χ0v) is 13.7. The van der Waals surface area contributed by atoms with E-state index in [9.17, 15) is 41.4 Å². The molecule has 3 rings (SSSR count). The molecule has 148 valence electrons. The van der Waals surface area contributed by atoms with E-state index in [0.29, 0.717) is 12.1 Å². The standard InChI is InChI=1S/C18H11F6NO3/c19-17(20,21)16(28,18(22,23)24)10-6-7-12-11(8-10)13(14(25-12)15(26)27)9-4-2-1-3-5-9/h1-8,25,28H,(H,26,27). The Morgan fingerprint density at radius 1 is 0.893 bits per heavy atom. The predicted molar refractivity (Wildman–Crippen MR) is 86.7 cm³/mol. The minimum Gasteiger partial charge on any atom is -0.477 e. The molecule has 0 unspecified atom stereocenters. The SMILES string of the molecule is O=C(O)c1[nH]c2ccc(C(O)(C(F)(F)F)C(F)(F)F)cc2c1-c1ccccc1. The van der Waals surface area contributed by atoms with Gasteiger partial charge in [-0.1, -0.05) is 36.4 Å². The summed E-state index contributed by atoms with van der Waals surface area (Å²) in [6.07, 6.45) is -12.1. The topological polar surface area (TPSA) is 73.3 Å². The lowest BCUT2D eigenvalue weighted by molar-refractivity contribution is -0.376. The Kier molecular flexibility index (Phi) is 4.42. The van der Waals surface area contributed by atoms with Crippen LogP contribution in [0, 0.1) is 0 Å². The number of aliphatic hydroxyl groups is 1. The molecule has 0 amide bonds. The van der Waals surface area contributed by atoms with Crippen LogP contribution in [0.3, 0.4) is 0 Å². The van der Waals surface area contributed by atoms with E-state index in [1.165, 1.54) is 24.3 Å². The molecule has 1 heterocycles. The Hall–Kier alpha value is -3.01. The molecule has 4 nitrogen and oxygen atoms in total. The number of aromatic carboxylic acids is 1. The van der Waals surface area contributed by atoms with Crippen LogP contribution in [0.1, 0.15) is 16.1 Å². The van der Waals surface area contributed by atoms with Gasteiger partial charge in [-0.15, -0.1) is 0 Å². The van der Waals surface area contributed by atoms with Crippen molar-refractivity contribution in [2.45, 2.75) is 18.0 Å². The smallest absolute Gasteiger partial charge is 0.430 e. The summed E-state index contributed by atoms with van der Waals surface area (Å²) in [5.41, 5.74) is -6.79. The molecule has 3 N–H and O–H groups in total. The van der Waals surface area contributed by atoms with E-state index < -0.39 is 35.2 Å². The Morgan fingerprint density at radius 3 is 1.96 bits per heavy atom. The summed E-state index contributed by atoms with van der Waals surface area (Å²) < 4.78 is 79.0. The minimum absolute atomic E-state index is 0.00621. The number of rotatable bonds is 3. The zero-order chi connectivity index (χ0) is 20.9. The summed E-state index contributed by atoms with van der Waals surface area (Å²) in [4.78, 5) is 14.0. The van der Waals surface area contributed by atoms with Gasteiger partial charge in [0.2, 0.25) is 0 Å². The molecule has 0 aliphatic heterocycles. The number of aromatic amines is 1. The first-order chi connectivity index (χ1) is 12.9. The third-order valence-corrected chi connectivity index (χ3v) is 4.31. The van der Waals surface area contributed by atoms with E-state index in [1.54, 1.807) is 6.07 Å². The van der Waals surface area contributed by atoms with Crippen LogP contribution in [0.25, 0.3) is 22.0 Å². The van der Waals surface area contributed by atoms with E-state index >= 15 is 0 Å². The highest BCUT2D eigenvalue weighted by Crippen LogP contribution is 2.50. The number of benzene rings is 2. The number of nitrogens with one attached hydrogen (secondary N) is 1. The number of carboxylic acid groups (broad SMARTS) is 1. The van der Waals surface area contributed by atoms with Crippen LogP contribution in [0.4, 0.5) is 26.3 Å². The van der Waals surface area contributed by atoms with Gasteiger partial charge in [-0.2, -0.15) is 26.3 Å². The van der Waals surface area contributed by atoms with E-state index in [4.69, 9.17) is 0 Å². The third-order valence-electron chi connectivity index (χ3n) is 4.31. The van der Waals surface area contributed by atoms with Gasteiger partial charge in [0, 0.05) is 22.0 Å². The third kappa shape index (κ3) is 2.89. The normalized spacial score (nSPS) is 13.1. The number of fused-ring (bicyclic) bond motifs is 1. The van der Waals surface area contributed by atoms with Gasteiger partial charge in [0.1, 0.15) is 5.69 Å². The monoisotopic (exact) mass is 403 g/mol. The lowest BCUT2D eigenvalue weighted by Crippen LogP contribution is -2.53. The average molecular weight is 403 g/mol. The van der Waals surface area contributed by atoms with Crippen molar-refractivity contribution in [1.82, 2.24) is 4.98 Å². The van der Waals surface area contributed by atoms with Crippen molar-refractivity contribution in [3.8, 4) is 11.1 Å². The van der Waals surface area contributed by atoms with Gasteiger partial charge in [-0.3, -0.25) is 0 Å². The highest BCUT2D eigenvalue weighted by molar-refractivity contribution is 6.07. The first-order valence-electron chi connectivity index (χ1n) is 7.68. The molecule has 0 saturated carbocycles. The van der Waals surface area contributed by atoms with Gasteiger partial charge in [-0.25, -0.2) is 4.79 Å². The Bertz CT molecular complexity index is 1020. The van der Waals surface area contributed by atoms with Gasteiger partial charge in [-0.05, 0) is 17.7 Å². The van der Waals surface area contributed by atoms with Crippen molar-refractivity contribution in [2.75, 3.05) is 0 Å². The second-order valence-electron chi connectivity index (χ2n) is 6.01. The molecule has 0 spiro atoms. The van der Waals surface area contributed by atoms with Crippen LogP contribution in [0.2, 0.25) is 0 Å². The average Bonchev–Trinajstić information content (AvgIpc) is 2.98. The Balaban J connectivity index is 2.37. The quantitative estimate of drug-likeness (QED) is 0.548. The van der Waals surface area contributed by atoms with Gasteiger partial charge >= 0.3 is 18.3 Å². The van der Waals surface area contributed by atoms with Crippen molar-refractivity contribution in [2.24, 2.45) is 0 Å². The van der Waals surface area contributed by atoms with Gasteiger partial charge in [0.15, 0.2) is 0 Å². The number of aromatic nitrogens is 1. The van der Waals surface area contributed by atoms with E-state index in [-0.39, 0.29) is 22.0 Å². The van der Waals surface area contributed by atoms with Crippen LogP contribution >= 0.6 is 0 Å². The fourth-order valence-electron chi connectivity index (χ4n) is 2.97. The molecule has 0 aliphatic rings. The molecule has 0 fully saturated rings. The molecular weight excluding hydrogens is 392 g/mol. The van der Waals surface area contributed by atoms with Crippen LogP contribution in [-0.2, 0) is 5.60 Å². The second kappa shape index (κ2) is 6.26. The molecule has 1 aromatic heterocycles. The summed E-state index contributed by atoms with van der Waals surface area (Å²) in [6, 6.07) is 9.42. The molecule has 0 atom stereocenters. The van der Waals surface area contributed by atoms with Crippen LogP contribution in [0.15, 0.2) is 48.5 Å². The van der Waals surface area contributed by atoms with Crippen LogP contribution in [0.5, 0.6) is 0 Å². The maximum Gasteiger partial charge on any atom is 0.430 e. The number of hydrogen-bond donors (Lipinski definition) is 3. The van der Waals surface area contributed by atoms with Crippen LogP contribution in [-0.4, -0.2) is 33.5 Å². The van der Waals surface area contributed by atoms with Crippen LogP contribution < -0.4 is 0 Å². The van der Waals surface area contributed by atoms with Gasteiger partial charge in [0.25, 0.3) is 5.60 Å². The predicted octanol–water partition coefficient (Wildman–Crippen LogP) is 4.85. The minimum atomic E-state index is -6.04.